The molecule has 0 heterocycles. The molecule has 40 heavy (non-hydrogen) atoms. The zero-order valence-corrected chi connectivity index (χ0v) is 23.8. The minimum absolute atomic E-state index is 0.00203. The highest BCUT2D eigenvalue weighted by atomic mass is 79.9. The Bertz CT molecular complexity index is 1330. The van der Waals surface area contributed by atoms with Crippen molar-refractivity contribution in [2.75, 3.05) is 16.8 Å². The summed E-state index contributed by atoms with van der Waals surface area (Å²) in [4.78, 5) is 27.0. The Kier molecular flexibility index (Phi) is 10.5. The first-order chi connectivity index (χ1) is 18.5. The molecule has 0 aliphatic carbocycles. The zero-order valence-electron chi connectivity index (χ0n) is 20.7. The molecule has 4 nitrogen and oxygen atoms in total. The average Bonchev–Trinajstić information content (AvgIpc) is 2.85. The number of hydrogen-bond acceptors (Lipinski definition) is 2. The van der Waals surface area contributed by atoms with Gasteiger partial charge >= 0.3 is 18.0 Å². The monoisotopic (exact) mass is 702 g/mol. The van der Waals surface area contributed by atoms with Crippen LogP contribution in [0.15, 0.2) is 75.7 Å². The van der Waals surface area contributed by atoms with Crippen molar-refractivity contribution in [3.8, 4) is 0 Å². The third-order valence-corrected chi connectivity index (χ3v) is 6.76. The molecule has 14 heteroatoms. The minimum Gasteiger partial charge on any atom is -0.320 e. The van der Waals surface area contributed by atoms with Gasteiger partial charge in [0.2, 0.25) is 0 Å². The van der Waals surface area contributed by atoms with E-state index in [1.807, 2.05) is 0 Å². The largest absolute Gasteiger partial charge is 0.435 e. The SMILES string of the molecule is C=C/C=C\C(=C/C)C(=O)N(CC)c1cccc(C(=O)Nc2c(Br)cc(C(F)(C(F)(F)F)C(F)(F)F)cc2Br)c1F. The molecule has 0 fully saturated rings. The van der Waals surface area contributed by atoms with Crippen LogP contribution in [0, 0.1) is 5.82 Å². The molecule has 2 amide bonds. The van der Waals surface area contributed by atoms with Gasteiger partial charge in [0.15, 0.2) is 5.82 Å². The minimum atomic E-state index is -6.35. The maximum Gasteiger partial charge on any atom is 0.435 e. The van der Waals surface area contributed by atoms with Gasteiger partial charge in [0.25, 0.3) is 11.8 Å². The van der Waals surface area contributed by atoms with Crippen molar-refractivity contribution in [1.82, 2.24) is 0 Å². The van der Waals surface area contributed by atoms with Gasteiger partial charge < -0.3 is 10.2 Å². The summed E-state index contributed by atoms with van der Waals surface area (Å²) in [6, 6.07) is 3.99. The molecule has 0 spiro atoms. The van der Waals surface area contributed by atoms with Crippen LogP contribution in [0.2, 0.25) is 0 Å². The number of allylic oxidation sites excluding steroid dienone is 3. The molecule has 0 saturated carbocycles. The molecule has 0 saturated heterocycles. The highest BCUT2D eigenvalue weighted by Gasteiger charge is 2.73. The van der Waals surface area contributed by atoms with E-state index in [0.717, 1.165) is 11.0 Å². The van der Waals surface area contributed by atoms with Gasteiger partial charge in [0, 0.05) is 26.6 Å². The lowest BCUT2D eigenvalue weighted by molar-refractivity contribution is -0.348. The zero-order chi connectivity index (χ0) is 30.6. The maximum atomic E-state index is 15.5. The van der Waals surface area contributed by atoms with Gasteiger partial charge in [-0.15, -0.1) is 0 Å². The second-order valence-electron chi connectivity index (χ2n) is 7.95. The molecule has 1 N–H and O–H groups in total. The Morgan fingerprint density at radius 1 is 1.02 bits per heavy atom. The first-order valence-electron chi connectivity index (χ1n) is 11.1. The fourth-order valence-electron chi connectivity index (χ4n) is 3.51. The molecule has 0 unspecified atom stereocenters. The number of likely N-dealkylation sites (N-methyl/N-ethyl adjacent to an activating group) is 1. The average molecular weight is 704 g/mol. The molecule has 0 bridgehead atoms. The van der Waals surface area contributed by atoms with E-state index in [9.17, 15) is 40.3 Å². The van der Waals surface area contributed by atoms with Crippen molar-refractivity contribution in [2.45, 2.75) is 31.9 Å². The molecule has 0 aliphatic heterocycles. The molecule has 2 aromatic carbocycles. The topological polar surface area (TPSA) is 49.4 Å². The molecular weight excluding hydrogens is 684 g/mol. The number of amides is 2. The van der Waals surface area contributed by atoms with E-state index in [4.69, 9.17) is 0 Å². The number of hydrogen-bond donors (Lipinski definition) is 1. The summed E-state index contributed by atoms with van der Waals surface area (Å²) in [7, 11) is 0. The smallest absolute Gasteiger partial charge is 0.320 e. The summed E-state index contributed by atoms with van der Waals surface area (Å²) < 4.78 is 108. The Labute approximate surface area is 240 Å². The van der Waals surface area contributed by atoms with Crippen LogP contribution in [0.3, 0.4) is 0 Å². The van der Waals surface area contributed by atoms with Crippen molar-refractivity contribution in [3.63, 3.8) is 0 Å². The van der Waals surface area contributed by atoms with Crippen molar-refractivity contribution < 1.29 is 44.7 Å². The van der Waals surface area contributed by atoms with Crippen LogP contribution >= 0.6 is 31.9 Å². The standard InChI is InChI=1S/C26H20Br2F8N2O2/c1-4-7-9-14(5-2)23(40)38(6-3)19-11-8-10-16(20(19)29)22(39)37-21-17(27)12-15(13-18(21)28)24(30,25(31,32)33)26(34,35)36/h4-5,7-13H,1,6H2,2-3H3,(H,37,39)/b9-7-,14-5+. The highest BCUT2D eigenvalue weighted by Crippen LogP contribution is 2.54. The summed E-state index contributed by atoms with van der Waals surface area (Å²) >= 11 is 5.49. The van der Waals surface area contributed by atoms with E-state index in [-0.39, 0.29) is 29.9 Å². The summed E-state index contributed by atoms with van der Waals surface area (Å²) in [6.07, 6.45) is -6.83. The van der Waals surface area contributed by atoms with Crippen molar-refractivity contribution >= 4 is 55.0 Å². The number of alkyl halides is 7. The van der Waals surface area contributed by atoms with Crippen LogP contribution in [0.5, 0.6) is 0 Å². The summed E-state index contributed by atoms with van der Waals surface area (Å²) in [5, 5.41) is 2.17. The van der Waals surface area contributed by atoms with Crippen LogP contribution in [0.25, 0.3) is 0 Å². The molecule has 216 valence electrons. The lowest BCUT2D eigenvalue weighted by Gasteiger charge is -2.31. The molecule has 0 atom stereocenters. The lowest BCUT2D eigenvalue weighted by atomic mass is 9.94. The van der Waals surface area contributed by atoms with Crippen LogP contribution in [-0.2, 0) is 10.5 Å². The molecular formula is C26H20Br2F8N2O2. The number of benzene rings is 2. The Morgan fingerprint density at radius 3 is 2.02 bits per heavy atom. The summed E-state index contributed by atoms with van der Waals surface area (Å²) in [5.41, 5.74) is -8.58. The number of rotatable bonds is 8. The van der Waals surface area contributed by atoms with Crippen LogP contribution in [0.1, 0.15) is 29.8 Å². The van der Waals surface area contributed by atoms with Gasteiger partial charge in [0.1, 0.15) is 0 Å². The predicted octanol–water partition coefficient (Wildman–Crippen LogP) is 8.93. The Morgan fingerprint density at radius 2 is 1.57 bits per heavy atom. The number of carbonyl (C=O) groups excluding carboxylic acids is 2. The van der Waals surface area contributed by atoms with Crippen molar-refractivity contribution in [2.24, 2.45) is 0 Å². The van der Waals surface area contributed by atoms with Crippen LogP contribution in [-0.4, -0.2) is 30.7 Å². The Balaban J connectivity index is 2.51. The molecule has 0 aromatic heterocycles. The molecule has 2 aromatic rings. The summed E-state index contributed by atoms with van der Waals surface area (Å²) in [6.45, 7) is 6.67. The van der Waals surface area contributed by atoms with Gasteiger partial charge in [-0.1, -0.05) is 30.9 Å². The maximum absolute atomic E-state index is 15.5. The second-order valence-corrected chi connectivity index (χ2v) is 9.66. The third-order valence-electron chi connectivity index (χ3n) is 5.50. The number of nitrogens with zero attached hydrogens (tertiary/aromatic N) is 1. The quantitative estimate of drug-likeness (QED) is 0.170. The van der Waals surface area contributed by atoms with Crippen LogP contribution < -0.4 is 10.2 Å². The Hall–Kier alpha value is -3.00. The first-order valence-corrected chi connectivity index (χ1v) is 12.7. The number of carbonyl (C=O) groups is 2. The molecule has 0 aliphatic rings. The van der Waals surface area contributed by atoms with E-state index >= 15 is 4.39 Å². The van der Waals surface area contributed by atoms with Gasteiger partial charge in [0.05, 0.1) is 16.9 Å². The van der Waals surface area contributed by atoms with E-state index in [1.165, 1.54) is 36.4 Å². The van der Waals surface area contributed by atoms with E-state index in [0.29, 0.717) is 0 Å². The molecule has 2 rings (SSSR count). The number of nitrogens with one attached hydrogen (secondary N) is 1. The lowest BCUT2D eigenvalue weighted by Crippen LogP contribution is -2.50. The fourth-order valence-corrected chi connectivity index (χ4v) is 4.89. The number of halogens is 10. The van der Waals surface area contributed by atoms with E-state index in [1.54, 1.807) is 13.8 Å². The van der Waals surface area contributed by atoms with E-state index < -0.39 is 61.4 Å². The molecule has 0 radical (unpaired) electrons. The van der Waals surface area contributed by atoms with E-state index in [2.05, 4.69) is 43.8 Å². The summed E-state index contributed by atoms with van der Waals surface area (Å²) in [5.74, 6) is -2.88. The van der Waals surface area contributed by atoms with Crippen molar-refractivity contribution in [1.29, 1.82) is 0 Å². The van der Waals surface area contributed by atoms with Gasteiger partial charge in [-0.3, -0.25) is 9.59 Å². The predicted molar refractivity (Wildman–Crippen MR) is 142 cm³/mol. The van der Waals surface area contributed by atoms with Gasteiger partial charge in [-0.25, -0.2) is 8.78 Å². The van der Waals surface area contributed by atoms with Crippen molar-refractivity contribution in [3.05, 3.63) is 92.7 Å². The second kappa shape index (κ2) is 12.7. The first kappa shape index (κ1) is 33.2. The normalized spacial score (nSPS) is 12.9. The third kappa shape index (κ3) is 6.48. The number of anilines is 2. The van der Waals surface area contributed by atoms with Gasteiger partial charge in [-0.2, -0.15) is 26.3 Å². The fraction of sp³-hybridized carbons (Fsp3) is 0.231. The van der Waals surface area contributed by atoms with Gasteiger partial charge in [-0.05, 0) is 76.0 Å². The highest BCUT2D eigenvalue weighted by molar-refractivity contribution is 9.11. The van der Waals surface area contributed by atoms with Crippen LogP contribution in [0.4, 0.5) is 46.5 Å².